The van der Waals surface area contributed by atoms with Crippen LogP contribution in [0.2, 0.25) is 0 Å². The van der Waals surface area contributed by atoms with Gasteiger partial charge in [-0.25, -0.2) is 0 Å². The molecule has 1 aliphatic carbocycles. The highest BCUT2D eigenvalue weighted by atomic mass is 32.1. The van der Waals surface area contributed by atoms with E-state index >= 15 is 0 Å². The second-order valence-electron chi connectivity index (χ2n) is 7.17. The number of nitro benzene ring substituents is 1. The minimum absolute atomic E-state index is 0.00996. The minimum Gasteiger partial charge on any atom is -0.477 e. The first-order chi connectivity index (χ1) is 15.5. The van der Waals surface area contributed by atoms with E-state index in [1.54, 1.807) is 24.5 Å². The molecule has 0 fully saturated rings. The van der Waals surface area contributed by atoms with Crippen LogP contribution in [0.1, 0.15) is 32.8 Å². The molecule has 1 aromatic carbocycles. The molecule has 2 heterocycles. The quantitative estimate of drug-likeness (QED) is 0.398. The van der Waals surface area contributed by atoms with Crippen molar-refractivity contribution in [1.82, 2.24) is 10.3 Å². The number of carbonyl (C=O) groups excluding carboxylic acids is 2. The number of hydrogen-bond acceptors (Lipinski definition) is 7. The molecule has 2 amide bonds. The third kappa shape index (κ3) is 4.75. The van der Waals surface area contributed by atoms with Crippen molar-refractivity contribution in [1.29, 1.82) is 0 Å². The Morgan fingerprint density at radius 3 is 2.81 bits per heavy atom. The lowest BCUT2D eigenvalue weighted by molar-refractivity contribution is -0.385. The van der Waals surface area contributed by atoms with E-state index < -0.39 is 17.4 Å². The van der Waals surface area contributed by atoms with E-state index in [9.17, 15) is 19.7 Å². The monoisotopic (exact) mass is 452 g/mol. The van der Waals surface area contributed by atoms with Crippen molar-refractivity contribution >= 4 is 33.8 Å². The van der Waals surface area contributed by atoms with E-state index in [1.165, 1.54) is 29.5 Å². The largest absolute Gasteiger partial charge is 0.477 e. The van der Waals surface area contributed by atoms with E-state index in [0.29, 0.717) is 17.1 Å². The van der Waals surface area contributed by atoms with E-state index in [0.717, 1.165) is 35.3 Å². The molecule has 0 saturated heterocycles. The van der Waals surface area contributed by atoms with Crippen LogP contribution in [0.25, 0.3) is 0 Å². The van der Waals surface area contributed by atoms with Crippen LogP contribution in [0.5, 0.6) is 5.75 Å². The maximum absolute atomic E-state index is 13.0. The average molecular weight is 452 g/mol. The number of thiophene rings is 1. The molecule has 9 nitrogen and oxygen atoms in total. The summed E-state index contributed by atoms with van der Waals surface area (Å²) in [5, 5.41) is 17.2. The van der Waals surface area contributed by atoms with Gasteiger partial charge in [0.05, 0.1) is 10.5 Å². The number of pyridine rings is 1. The van der Waals surface area contributed by atoms with Crippen molar-refractivity contribution in [2.75, 3.05) is 11.9 Å². The van der Waals surface area contributed by atoms with Crippen LogP contribution in [-0.4, -0.2) is 28.3 Å². The van der Waals surface area contributed by atoms with Crippen LogP contribution in [0.3, 0.4) is 0 Å². The Kier molecular flexibility index (Phi) is 6.41. The molecule has 0 atom stereocenters. The van der Waals surface area contributed by atoms with Gasteiger partial charge in [0.25, 0.3) is 11.8 Å². The molecule has 2 N–H and O–H groups in total. The van der Waals surface area contributed by atoms with Gasteiger partial charge >= 0.3 is 5.69 Å². The molecule has 2 aromatic heterocycles. The Bertz CT molecular complexity index is 1160. The number of fused-ring (bicyclic) bond motifs is 1. The Hall–Kier alpha value is -3.79. The molecule has 0 radical (unpaired) electrons. The summed E-state index contributed by atoms with van der Waals surface area (Å²) in [6.07, 6.45) is 5.96. The maximum Gasteiger partial charge on any atom is 0.310 e. The van der Waals surface area contributed by atoms with Crippen molar-refractivity contribution in [3.05, 3.63) is 80.5 Å². The summed E-state index contributed by atoms with van der Waals surface area (Å²) in [5.41, 5.74) is 2.10. The lowest BCUT2D eigenvalue weighted by Crippen LogP contribution is -2.26. The lowest BCUT2D eigenvalue weighted by atomic mass is 10.1. The van der Waals surface area contributed by atoms with Crippen LogP contribution in [0.4, 0.5) is 10.7 Å². The SMILES string of the molecule is O=C(COc1ccccc1[N+](=O)[O-])Nc1sc2c(c1C(=O)NCc1cccnc1)CCC2. The van der Waals surface area contributed by atoms with Crippen molar-refractivity contribution < 1.29 is 19.2 Å². The molecule has 4 rings (SSSR count). The highest BCUT2D eigenvalue weighted by Gasteiger charge is 2.27. The summed E-state index contributed by atoms with van der Waals surface area (Å²) in [7, 11) is 0. The topological polar surface area (TPSA) is 123 Å². The molecule has 32 heavy (non-hydrogen) atoms. The Morgan fingerprint density at radius 1 is 1.19 bits per heavy atom. The molecular formula is C22H20N4O5S. The first-order valence-electron chi connectivity index (χ1n) is 10.0. The Labute approximate surface area is 187 Å². The van der Waals surface area contributed by atoms with Crippen molar-refractivity contribution in [3.8, 4) is 5.75 Å². The predicted octanol–water partition coefficient (Wildman–Crippen LogP) is 3.49. The normalized spacial score (nSPS) is 12.1. The summed E-state index contributed by atoms with van der Waals surface area (Å²) < 4.78 is 5.36. The molecule has 0 aliphatic heterocycles. The number of aromatic nitrogens is 1. The van der Waals surface area contributed by atoms with Gasteiger partial charge in [-0.1, -0.05) is 18.2 Å². The van der Waals surface area contributed by atoms with Gasteiger partial charge in [-0.05, 0) is 42.5 Å². The summed E-state index contributed by atoms with van der Waals surface area (Å²) in [4.78, 5) is 41.1. The zero-order valence-electron chi connectivity index (χ0n) is 17.0. The van der Waals surface area contributed by atoms with Crippen molar-refractivity contribution in [2.24, 2.45) is 0 Å². The predicted molar refractivity (Wildman–Crippen MR) is 119 cm³/mol. The molecule has 3 aromatic rings. The fraction of sp³-hybridized carbons (Fsp3) is 0.227. The molecule has 0 saturated carbocycles. The van der Waals surface area contributed by atoms with Crippen LogP contribution in [-0.2, 0) is 24.2 Å². The number of nitrogens with one attached hydrogen (secondary N) is 2. The number of nitrogens with zero attached hydrogens (tertiary/aromatic N) is 2. The number of aryl methyl sites for hydroxylation is 1. The zero-order valence-corrected chi connectivity index (χ0v) is 17.8. The fourth-order valence-corrected chi connectivity index (χ4v) is 4.84. The van der Waals surface area contributed by atoms with Gasteiger partial charge in [0.1, 0.15) is 5.00 Å². The second kappa shape index (κ2) is 9.56. The number of nitro groups is 1. The molecule has 10 heteroatoms. The highest BCUT2D eigenvalue weighted by molar-refractivity contribution is 7.17. The third-order valence-electron chi connectivity index (χ3n) is 5.00. The molecule has 1 aliphatic rings. The number of anilines is 1. The van der Waals surface area contributed by atoms with Crippen LogP contribution < -0.4 is 15.4 Å². The second-order valence-corrected chi connectivity index (χ2v) is 8.27. The van der Waals surface area contributed by atoms with E-state index in [4.69, 9.17) is 4.74 Å². The number of benzene rings is 1. The smallest absolute Gasteiger partial charge is 0.310 e. The maximum atomic E-state index is 13.0. The number of hydrogen-bond donors (Lipinski definition) is 2. The number of carbonyl (C=O) groups is 2. The highest BCUT2D eigenvalue weighted by Crippen LogP contribution is 2.39. The van der Waals surface area contributed by atoms with Gasteiger partial charge in [-0.15, -0.1) is 11.3 Å². The number of amides is 2. The Balaban J connectivity index is 1.45. The zero-order chi connectivity index (χ0) is 22.5. The van der Waals surface area contributed by atoms with Gasteiger partial charge in [0.15, 0.2) is 12.4 Å². The molecule has 0 bridgehead atoms. The molecular weight excluding hydrogens is 432 g/mol. The fourth-order valence-electron chi connectivity index (χ4n) is 3.54. The number of rotatable bonds is 8. The van der Waals surface area contributed by atoms with Gasteiger partial charge in [-0.3, -0.25) is 24.7 Å². The first-order valence-corrected chi connectivity index (χ1v) is 10.8. The Morgan fingerprint density at radius 2 is 2.03 bits per heavy atom. The molecule has 164 valence electrons. The van der Waals surface area contributed by atoms with Crippen molar-refractivity contribution in [2.45, 2.75) is 25.8 Å². The summed E-state index contributed by atoms with van der Waals surface area (Å²) in [5.74, 6) is -0.747. The van der Waals surface area contributed by atoms with Crippen LogP contribution >= 0.6 is 11.3 Å². The standard InChI is InChI=1S/C22H20N4O5S/c27-19(13-31-17-8-2-1-7-16(17)26(29)30)25-22-20(15-6-3-9-18(15)32-22)21(28)24-12-14-5-4-10-23-11-14/h1-2,4-5,7-8,10-11H,3,6,9,12-13H2,(H,24,28)(H,25,27). The minimum atomic E-state index is -0.568. The number of ether oxygens (including phenoxy) is 1. The van der Waals surface area contributed by atoms with E-state index in [2.05, 4.69) is 15.6 Å². The first kappa shape index (κ1) is 21.4. The third-order valence-corrected chi connectivity index (χ3v) is 6.21. The summed E-state index contributed by atoms with van der Waals surface area (Å²) in [6.45, 7) is -0.0877. The van der Waals surface area contributed by atoms with Gasteiger partial charge in [0.2, 0.25) is 0 Å². The van der Waals surface area contributed by atoms with E-state index in [-0.39, 0.29) is 17.3 Å². The average Bonchev–Trinajstić information content (AvgIpc) is 3.37. The van der Waals surface area contributed by atoms with Crippen LogP contribution in [0, 0.1) is 10.1 Å². The van der Waals surface area contributed by atoms with E-state index in [1.807, 2.05) is 6.07 Å². The van der Waals surface area contributed by atoms with Gasteiger partial charge < -0.3 is 15.4 Å². The summed E-state index contributed by atoms with van der Waals surface area (Å²) in [6, 6.07) is 9.52. The number of para-hydroxylation sites is 2. The molecule has 0 spiro atoms. The van der Waals surface area contributed by atoms with Gasteiger partial charge in [0, 0.05) is 29.9 Å². The summed E-state index contributed by atoms with van der Waals surface area (Å²) >= 11 is 1.39. The van der Waals surface area contributed by atoms with Gasteiger partial charge in [-0.2, -0.15) is 0 Å². The van der Waals surface area contributed by atoms with Crippen LogP contribution in [0.15, 0.2) is 48.8 Å². The lowest BCUT2D eigenvalue weighted by Gasteiger charge is -2.10. The molecule has 0 unspecified atom stereocenters. The van der Waals surface area contributed by atoms with Crippen molar-refractivity contribution in [3.63, 3.8) is 0 Å².